The van der Waals surface area contributed by atoms with Gasteiger partial charge in [-0.25, -0.2) is 0 Å². The van der Waals surface area contributed by atoms with Crippen LogP contribution in [0.15, 0.2) is 17.5 Å². The van der Waals surface area contributed by atoms with Crippen LogP contribution in [0.5, 0.6) is 0 Å². The predicted octanol–water partition coefficient (Wildman–Crippen LogP) is 1.09. The van der Waals surface area contributed by atoms with E-state index in [-0.39, 0.29) is 12.5 Å². The quantitative estimate of drug-likeness (QED) is 0.719. The fraction of sp³-hybridized carbons (Fsp3) is 0.688. The Morgan fingerprint density at radius 2 is 2.04 bits per heavy atom. The number of nitrogens with zero attached hydrogens (tertiary/aromatic N) is 1. The summed E-state index contributed by atoms with van der Waals surface area (Å²) in [5.74, 6) is -0.172. The molecular formula is C16H25NO5S. The summed E-state index contributed by atoms with van der Waals surface area (Å²) in [7, 11) is 0. The number of hydrogen-bond acceptors (Lipinski definition) is 6. The van der Waals surface area contributed by atoms with E-state index in [9.17, 15) is 20.1 Å². The van der Waals surface area contributed by atoms with Gasteiger partial charge in [-0.05, 0) is 24.3 Å². The Bertz CT molecular complexity index is 495. The monoisotopic (exact) mass is 343 g/mol. The van der Waals surface area contributed by atoms with Gasteiger partial charge in [-0.1, -0.05) is 19.9 Å². The van der Waals surface area contributed by atoms with Gasteiger partial charge in [-0.3, -0.25) is 4.79 Å². The number of carbonyl (C=O) groups excluding carboxylic acids is 1. The molecule has 1 amide bonds. The number of rotatable bonds is 6. The second-order valence-electron chi connectivity index (χ2n) is 5.80. The molecule has 1 aromatic rings. The molecule has 1 aliphatic heterocycles. The molecule has 0 saturated carbocycles. The molecule has 1 saturated heterocycles. The summed E-state index contributed by atoms with van der Waals surface area (Å²) in [6.45, 7) is 3.98. The number of hydrogen-bond donors (Lipinski definition) is 3. The Morgan fingerprint density at radius 3 is 2.61 bits per heavy atom. The lowest BCUT2D eigenvalue weighted by atomic mass is 9.94. The fourth-order valence-electron chi connectivity index (χ4n) is 2.89. The highest BCUT2D eigenvalue weighted by atomic mass is 32.1. The van der Waals surface area contributed by atoms with E-state index >= 15 is 0 Å². The van der Waals surface area contributed by atoms with Crippen molar-refractivity contribution in [3.8, 4) is 0 Å². The number of thiophene rings is 1. The van der Waals surface area contributed by atoms with Crippen LogP contribution in [0.25, 0.3) is 0 Å². The number of aliphatic hydroxyl groups is 3. The Kier molecular flexibility index (Phi) is 6.55. The molecule has 2 heterocycles. The molecule has 0 aromatic carbocycles. The van der Waals surface area contributed by atoms with Crippen molar-refractivity contribution in [3.63, 3.8) is 0 Å². The second kappa shape index (κ2) is 8.21. The molecule has 1 fully saturated rings. The molecule has 2 rings (SSSR count). The van der Waals surface area contributed by atoms with Crippen LogP contribution in [0, 0.1) is 0 Å². The Labute approximate surface area is 140 Å². The SMILES string of the molecule is CCCC(=O)N(Cc1cccs1)[C@H]1C(O)O[C@H](CC)[C@@H](O)[C@@H]1O. The molecule has 3 N–H and O–H groups in total. The van der Waals surface area contributed by atoms with Crippen molar-refractivity contribution in [1.82, 2.24) is 4.90 Å². The van der Waals surface area contributed by atoms with Crippen LogP contribution in [0.3, 0.4) is 0 Å². The van der Waals surface area contributed by atoms with Crippen molar-refractivity contribution in [2.45, 2.75) is 70.3 Å². The third-order valence-electron chi connectivity index (χ3n) is 4.14. The molecule has 0 spiro atoms. The van der Waals surface area contributed by atoms with Gasteiger partial charge in [0.15, 0.2) is 6.29 Å². The first-order valence-electron chi connectivity index (χ1n) is 8.01. The molecule has 6 nitrogen and oxygen atoms in total. The van der Waals surface area contributed by atoms with Gasteiger partial charge >= 0.3 is 0 Å². The summed E-state index contributed by atoms with van der Waals surface area (Å²) in [5, 5.41) is 32.8. The van der Waals surface area contributed by atoms with Crippen LogP contribution in [-0.2, 0) is 16.1 Å². The van der Waals surface area contributed by atoms with Crippen LogP contribution < -0.4 is 0 Å². The zero-order valence-corrected chi connectivity index (χ0v) is 14.3. The number of amides is 1. The molecule has 0 bridgehead atoms. The minimum atomic E-state index is -1.32. The topological polar surface area (TPSA) is 90.2 Å². The van der Waals surface area contributed by atoms with Crippen molar-refractivity contribution in [3.05, 3.63) is 22.4 Å². The molecule has 0 radical (unpaired) electrons. The normalized spacial score (nSPS) is 31.1. The summed E-state index contributed by atoms with van der Waals surface area (Å²) in [5.41, 5.74) is 0. The number of ether oxygens (including phenoxy) is 1. The molecular weight excluding hydrogens is 318 g/mol. The summed E-state index contributed by atoms with van der Waals surface area (Å²) in [4.78, 5) is 14.9. The highest BCUT2D eigenvalue weighted by molar-refractivity contribution is 7.09. The van der Waals surface area contributed by atoms with E-state index < -0.39 is 30.6 Å². The predicted molar refractivity (Wildman–Crippen MR) is 86.7 cm³/mol. The zero-order chi connectivity index (χ0) is 17.0. The third kappa shape index (κ3) is 4.10. The van der Waals surface area contributed by atoms with E-state index in [4.69, 9.17) is 4.74 Å². The summed E-state index contributed by atoms with van der Waals surface area (Å²) in [6, 6.07) is 2.80. The van der Waals surface area contributed by atoms with Gasteiger partial charge in [-0.2, -0.15) is 0 Å². The lowest BCUT2D eigenvalue weighted by Crippen LogP contribution is -2.64. The minimum Gasteiger partial charge on any atom is -0.388 e. The molecule has 5 atom stereocenters. The maximum absolute atomic E-state index is 12.5. The molecule has 0 aliphatic carbocycles. The molecule has 1 aromatic heterocycles. The summed E-state index contributed by atoms with van der Waals surface area (Å²) >= 11 is 1.50. The minimum absolute atomic E-state index is 0.172. The van der Waals surface area contributed by atoms with Gasteiger partial charge in [0.1, 0.15) is 18.2 Å². The maximum Gasteiger partial charge on any atom is 0.223 e. The number of carbonyl (C=O) groups is 1. The van der Waals surface area contributed by atoms with Crippen LogP contribution in [-0.4, -0.2) is 56.8 Å². The highest BCUT2D eigenvalue weighted by Crippen LogP contribution is 2.28. The average molecular weight is 343 g/mol. The van der Waals surface area contributed by atoms with Gasteiger partial charge in [0.2, 0.25) is 5.91 Å². The Balaban J connectivity index is 2.24. The summed E-state index contributed by atoms with van der Waals surface area (Å²) < 4.78 is 5.41. The standard InChI is InChI=1S/C16H25NO5S/c1-3-6-12(18)17(9-10-7-5-8-23-10)13-15(20)14(19)11(4-2)22-16(13)21/h5,7-8,11,13-16,19-21H,3-4,6,9H2,1-2H3/t11-,13-,14-,15-,16?/m1/s1. The van der Waals surface area contributed by atoms with Crippen molar-refractivity contribution in [2.75, 3.05) is 0 Å². The average Bonchev–Trinajstić information content (AvgIpc) is 3.03. The van der Waals surface area contributed by atoms with Crippen LogP contribution in [0.2, 0.25) is 0 Å². The van der Waals surface area contributed by atoms with Crippen molar-refractivity contribution in [2.24, 2.45) is 0 Å². The van der Waals surface area contributed by atoms with Crippen molar-refractivity contribution < 1.29 is 24.9 Å². The molecule has 23 heavy (non-hydrogen) atoms. The second-order valence-corrected chi connectivity index (χ2v) is 6.83. The van der Waals surface area contributed by atoms with Crippen molar-refractivity contribution in [1.29, 1.82) is 0 Å². The smallest absolute Gasteiger partial charge is 0.223 e. The zero-order valence-electron chi connectivity index (χ0n) is 13.5. The third-order valence-corrected chi connectivity index (χ3v) is 5.00. The van der Waals surface area contributed by atoms with E-state index in [1.807, 2.05) is 24.4 Å². The van der Waals surface area contributed by atoms with Gasteiger partial charge in [-0.15, -0.1) is 11.3 Å². The van der Waals surface area contributed by atoms with Crippen LogP contribution in [0.1, 0.15) is 38.0 Å². The molecule has 130 valence electrons. The van der Waals surface area contributed by atoms with E-state index in [2.05, 4.69) is 0 Å². The lowest BCUT2D eigenvalue weighted by Gasteiger charge is -2.45. The van der Waals surface area contributed by atoms with Gasteiger partial charge < -0.3 is 25.0 Å². The molecule has 1 unspecified atom stereocenters. The Hall–Kier alpha value is -0.990. The van der Waals surface area contributed by atoms with Crippen LogP contribution in [0.4, 0.5) is 0 Å². The fourth-order valence-corrected chi connectivity index (χ4v) is 3.60. The Morgan fingerprint density at radius 1 is 1.30 bits per heavy atom. The van der Waals surface area contributed by atoms with Gasteiger partial charge in [0.25, 0.3) is 0 Å². The first-order valence-corrected chi connectivity index (χ1v) is 8.89. The van der Waals surface area contributed by atoms with E-state index in [1.165, 1.54) is 16.2 Å². The summed E-state index contributed by atoms with van der Waals surface area (Å²) in [6.07, 6.45) is -2.89. The van der Waals surface area contributed by atoms with E-state index in [0.717, 1.165) is 4.88 Å². The number of aliphatic hydroxyl groups excluding tert-OH is 3. The van der Waals surface area contributed by atoms with Gasteiger partial charge in [0, 0.05) is 11.3 Å². The van der Waals surface area contributed by atoms with E-state index in [1.54, 1.807) is 6.92 Å². The first-order chi connectivity index (χ1) is 11.0. The highest BCUT2D eigenvalue weighted by Gasteiger charge is 2.47. The largest absolute Gasteiger partial charge is 0.388 e. The van der Waals surface area contributed by atoms with Gasteiger partial charge in [0.05, 0.1) is 12.6 Å². The molecule has 1 aliphatic rings. The van der Waals surface area contributed by atoms with Crippen molar-refractivity contribution >= 4 is 17.2 Å². The molecule has 7 heteroatoms. The lowest BCUT2D eigenvalue weighted by molar-refractivity contribution is -0.266. The van der Waals surface area contributed by atoms with E-state index in [0.29, 0.717) is 19.3 Å². The first kappa shape index (κ1) is 18.4. The van der Waals surface area contributed by atoms with Crippen LogP contribution >= 0.6 is 11.3 Å². The maximum atomic E-state index is 12.5.